The monoisotopic (exact) mass is 273 g/mol. The van der Waals surface area contributed by atoms with E-state index in [0.717, 1.165) is 22.6 Å². The fourth-order valence-electron chi connectivity index (χ4n) is 2.17. The number of hydrogen-bond donors (Lipinski definition) is 1. The van der Waals surface area contributed by atoms with Crippen molar-refractivity contribution in [1.29, 1.82) is 0 Å². The van der Waals surface area contributed by atoms with Crippen LogP contribution in [0.3, 0.4) is 0 Å². The Hall–Kier alpha value is -1.31. The molecule has 2 aromatic carbocycles. The molecule has 1 nitrogen and oxygen atoms in total. The Bertz CT molecular complexity index is 519. The lowest BCUT2D eigenvalue weighted by Crippen LogP contribution is -2.11. The lowest BCUT2D eigenvalue weighted by atomic mass is 9.97. The van der Waals surface area contributed by atoms with Crippen molar-refractivity contribution < 1.29 is 0 Å². The van der Waals surface area contributed by atoms with Crippen molar-refractivity contribution >= 4 is 11.6 Å². The van der Waals surface area contributed by atoms with Gasteiger partial charge in [0, 0.05) is 5.02 Å². The third-order valence-electron chi connectivity index (χ3n) is 3.37. The summed E-state index contributed by atoms with van der Waals surface area (Å²) < 4.78 is 0. The van der Waals surface area contributed by atoms with Crippen molar-refractivity contribution in [2.75, 3.05) is 0 Å². The van der Waals surface area contributed by atoms with Gasteiger partial charge in [0.25, 0.3) is 0 Å². The van der Waals surface area contributed by atoms with E-state index in [9.17, 15) is 0 Å². The predicted molar refractivity (Wildman–Crippen MR) is 82.5 cm³/mol. The highest BCUT2D eigenvalue weighted by Crippen LogP contribution is 2.22. The molecule has 0 bridgehead atoms. The largest absolute Gasteiger partial charge is 0.320 e. The zero-order chi connectivity index (χ0) is 13.7. The van der Waals surface area contributed by atoms with Crippen molar-refractivity contribution in [3.8, 4) is 0 Å². The average molecular weight is 274 g/mol. The Labute approximate surface area is 120 Å². The van der Waals surface area contributed by atoms with Gasteiger partial charge >= 0.3 is 0 Å². The number of rotatable bonds is 5. The third kappa shape index (κ3) is 3.82. The van der Waals surface area contributed by atoms with Crippen LogP contribution in [0, 0.1) is 0 Å². The Kier molecular flexibility index (Phi) is 5.00. The average Bonchev–Trinajstić information content (AvgIpc) is 2.45. The molecule has 1 atom stereocenters. The van der Waals surface area contributed by atoms with Gasteiger partial charge in [-0.1, -0.05) is 61.3 Å². The molecule has 0 fully saturated rings. The van der Waals surface area contributed by atoms with E-state index in [1.807, 2.05) is 24.3 Å². The number of unbranched alkanes of at least 4 members (excludes halogenated alkanes) is 1. The van der Waals surface area contributed by atoms with Crippen molar-refractivity contribution in [3.63, 3.8) is 0 Å². The highest BCUT2D eigenvalue weighted by atomic mass is 35.5. The second-order valence-electron chi connectivity index (χ2n) is 4.88. The first-order chi connectivity index (χ1) is 9.20. The summed E-state index contributed by atoms with van der Waals surface area (Å²) >= 11 is 6.00. The van der Waals surface area contributed by atoms with Crippen LogP contribution in [-0.4, -0.2) is 0 Å². The molecule has 0 aliphatic rings. The van der Waals surface area contributed by atoms with E-state index in [0.29, 0.717) is 0 Å². The summed E-state index contributed by atoms with van der Waals surface area (Å²) in [4.78, 5) is 0. The molecular weight excluding hydrogens is 254 g/mol. The van der Waals surface area contributed by atoms with Gasteiger partial charge in [0.2, 0.25) is 0 Å². The van der Waals surface area contributed by atoms with Gasteiger partial charge in [0.1, 0.15) is 0 Å². The molecule has 1 unspecified atom stereocenters. The van der Waals surface area contributed by atoms with Crippen molar-refractivity contribution in [2.24, 2.45) is 5.73 Å². The number of benzene rings is 2. The molecule has 2 heteroatoms. The normalized spacial score (nSPS) is 12.4. The van der Waals surface area contributed by atoms with E-state index in [4.69, 9.17) is 17.3 Å². The van der Waals surface area contributed by atoms with Gasteiger partial charge in [-0.3, -0.25) is 0 Å². The smallest absolute Gasteiger partial charge is 0.0552 e. The van der Waals surface area contributed by atoms with Crippen molar-refractivity contribution in [1.82, 2.24) is 0 Å². The highest BCUT2D eigenvalue weighted by molar-refractivity contribution is 6.30. The maximum Gasteiger partial charge on any atom is 0.0552 e. The molecule has 19 heavy (non-hydrogen) atoms. The number of hydrogen-bond acceptors (Lipinski definition) is 1. The molecule has 2 rings (SSSR count). The molecule has 0 amide bonds. The summed E-state index contributed by atoms with van der Waals surface area (Å²) in [7, 11) is 0. The van der Waals surface area contributed by atoms with Crippen LogP contribution < -0.4 is 5.73 Å². The lowest BCUT2D eigenvalue weighted by molar-refractivity contribution is 0.793. The minimum absolute atomic E-state index is 0.112. The SMILES string of the molecule is CCCCc1ccc(C(N)c2cccc(Cl)c2)cc1. The second-order valence-corrected chi connectivity index (χ2v) is 5.31. The van der Waals surface area contributed by atoms with Gasteiger partial charge in [-0.25, -0.2) is 0 Å². The van der Waals surface area contributed by atoms with Crippen LogP contribution in [0.4, 0.5) is 0 Å². The van der Waals surface area contributed by atoms with Crippen LogP contribution in [-0.2, 0) is 6.42 Å². The van der Waals surface area contributed by atoms with E-state index in [2.05, 4.69) is 31.2 Å². The summed E-state index contributed by atoms with van der Waals surface area (Å²) in [6, 6.07) is 16.2. The van der Waals surface area contributed by atoms with Gasteiger partial charge < -0.3 is 5.73 Å². The second kappa shape index (κ2) is 6.74. The molecule has 0 radical (unpaired) electrons. The zero-order valence-corrected chi connectivity index (χ0v) is 12.0. The number of halogens is 1. The lowest BCUT2D eigenvalue weighted by Gasteiger charge is -2.13. The molecule has 0 aromatic heterocycles. The van der Waals surface area contributed by atoms with E-state index in [1.165, 1.54) is 18.4 Å². The minimum Gasteiger partial charge on any atom is -0.320 e. The van der Waals surface area contributed by atoms with Gasteiger partial charge in [-0.2, -0.15) is 0 Å². The maximum absolute atomic E-state index is 6.28. The van der Waals surface area contributed by atoms with Crippen LogP contribution in [0.15, 0.2) is 48.5 Å². The fraction of sp³-hybridized carbons (Fsp3) is 0.294. The predicted octanol–water partition coefficient (Wildman–Crippen LogP) is 4.73. The first kappa shape index (κ1) is 14.1. The Morgan fingerprint density at radius 3 is 2.42 bits per heavy atom. The molecule has 0 aliphatic carbocycles. The van der Waals surface area contributed by atoms with Gasteiger partial charge in [-0.15, -0.1) is 0 Å². The first-order valence-electron chi connectivity index (χ1n) is 6.80. The Balaban J connectivity index is 2.13. The first-order valence-corrected chi connectivity index (χ1v) is 7.18. The van der Waals surface area contributed by atoms with Gasteiger partial charge in [0.15, 0.2) is 0 Å². The summed E-state index contributed by atoms with van der Waals surface area (Å²) in [5, 5.41) is 0.729. The topological polar surface area (TPSA) is 26.0 Å². The zero-order valence-electron chi connectivity index (χ0n) is 11.3. The molecule has 0 saturated carbocycles. The summed E-state index contributed by atoms with van der Waals surface area (Å²) in [6.07, 6.45) is 3.60. The Morgan fingerprint density at radius 1 is 1.05 bits per heavy atom. The van der Waals surface area contributed by atoms with Crippen LogP contribution in [0.25, 0.3) is 0 Å². The van der Waals surface area contributed by atoms with Crippen molar-refractivity contribution in [3.05, 3.63) is 70.2 Å². The fourth-order valence-corrected chi connectivity index (χ4v) is 2.36. The highest BCUT2D eigenvalue weighted by Gasteiger charge is 2.08. The molecule has 0 heterocycles. The van der Waals surface area contributed by atoms with Crippen LogP contribution in [0.1, 0.15) is 42.5 Å². The van der Waals surface area contributed by atoms with Crippen LogP contribution in [0.5, 0.6) is 0 Å². The standard InChI is InChI=1S/C17H20ClN/c1-2-3-5-13-8-10-14(11-9-13)17(19)15-6-4-7-16(18)12-15/h4,6-12,17H,2-3,5,19H2,1H3. The minimum atomic E-state index is -0.112. The Morgan fingerprint density at radius 2 is 1.79 bits per heavy atom. The molecule has 0 saturated heterocycles. The van der Waals surface area contributed by atoms with Gasteiger partial charge in [0.05, 0.1) is 6.04 Å². The number of aryl methyl sites for hydroxylation is 1. The molecule has 100 valence electrons. The van der Waals surface area contributed by atoms with Crippen molar-refractivity contribution in [2.45, 2.75) is 32.2 Å². The van der Waals surface area contributed by atoms with Gasteiger partial charge in [-0.05, 0) is 41.7 Å². The van der Waals surface area contributed by atoms with E-state index < -0.39 is 0 Å². The summed E-state index contributed by atoms with van der Waals surface area (Å²) in [5.41, 5.74) is 9.83. The van der Waals surface area contributed by atoms with Crippen LogP contribution in [0.2, 0.25) is 5.02 Å². The van der Waals surface area contributed by atoms with E-state index in [1.54, 1.807) is 0 Å². The molecule has 2 N–H and O–H groups in total. The quantitative estimate of drug-likeness (QED) is 0.837. The molecular formula is C17H20ClN. The van der Waals surface area contributed by atoms with E-state index in [-0.39, 0.29) is 6.04 Å². The maximum atomic E-state index is 6.28. The molecule has 0 spiro atoms. The van der Waals surface area contributed by atoms with E-state index >= 15 is 0 Å². The number of nitrogens with two attached hydrogens (primary N) is 1. The third-order valence-corrected chi connectivity index (χ3v) is 3.60. The summed E-state index contributed by atoms with van der Waals surface area (Å²) in [6.45, 7) is 2.21. The molecule has 2 aromatic rings. The summed E-state index contributed by atoms with van der Waals surface area (Å²) in [5.74, 6) is 0. The van der Waals surface area contributed by atoms with Crippen LogP contribution >= 0.6 is 11.6 Å². The molecule has 0 aliphatic heterocycles.